The van der Waals surface area contributed by atoms with Gasteiger partial charge in [0.05, 0.1) is 6.54 Å². The molecule has 1 amide bonds. The Hall–Kier alpha value is -1.06. The molecule has 0 aliphatic heterocycles. The molecule has 2 N–H and O–H groups in total. The lowest BCUT2D eigenvalue weighted by atomic mass is 10.2. The summed E-state index contributed by atoms with van der Waals surface area (Å²) in [5, 5.41) is 0. The molecule has 1 aromatic rings. The summed E-state index contributed by atoms with van der Waals surface area (Å²) in [4.78, 5) is 13.5. The Morgan fingerprint density at radius 2 is 1.94 bits per heavy atom. The Labute approximate surface area is 102 Å². The van der Waals surface area contributed by atoms with Crippen molar-refractivity contribution in [2.75, 3.05) is 6.54 Å². The smallest absolute Gasteiger partial charge is 0.236 e. The van der Waals surface area contributed by atoms with Gasteiger partial charge in [0.1, 0.15) is 0 Å². The van der Waals surface area contributed by atoms with Gasteiger partial charge in [-0.3, -0.25) is 4.79 Å². The van der Waals surface area contributed by atoms with Gasteiger partial charge >= 0.3 is 0 Å². The predicted molar refractivity (Wildman–Crippen MR) is 66.3 cm³/mol. The third-order valence-corrected chi connectivity index (χ3v) is 2.68. The van der Waals surface area contributed by atoms with E-state index in [1.807, 2.05) is 35.2 Å². The second-order valence-electron chi connectivity index (χ2n) is 3.94. The summed E-state index contributed by atoms with van der Waals surface area (Å²) >= 11 is 0. The van der Waals surface area contributed by atoms with Crippen LogP contribution in [0.15, 0.2) is 30.3 Å². The number of hydrogen-bond acceptors (Lipinski definition) is 2. The van der Waals surface area contributed by atoms with Crippen molar-refractivity contribution in [2.45, 2.75) is 25.4 Å². The van der Waals surface area contributed by atoms with Crippen LogP contribution in [0, 0.1) is 0 Å². The molecular formula is C12H17ClN2O. The van der Waals surface area contributed by atoms with Crippen molar-refractivity contribution in [1.82, 2.24) is 4.90 Å². The van der Waals surface area contributed by atoms with Gasteiger partial charge in [0, 0.05) is 12.6 Å². The normalized spacial score (nSPS) is 14.1. The maximum atomic E-state index is 11.6. The molecule has 1 aliphatic rings. The quantitative estimate of drug-likeness (QED) is 0.868. The van der Waals surface area contributed by atoms with Crippen LogP contribution in [0.1, 0.15) is 18.4 Å². The van der Waals surface area contributed by atoms with Crippen molar-refractivity contribution in [3.05, 3.63) is 35.9 Å². The van der Waals surface area contributed by atoms with Crippen molar-refractivity contribution in [3.63, 3.8) is 0 Å². The Balaban J connectivity index is 0.00000128. The molecule has 1 aliphatic carbocycles. The number of hydrogen-bond donors (Lipinski definition) is 1. The number of nitrogens with two attached hydrogens (primary N) is 1. The first-order chi connectivity index (χ1) is 7.31. The van der Waals surface area contributed by atoms with E-state index < -0.39 is 0 Å². The van der Waals surface area contributed by atoms with E-state index in [-0.39, 0.29) is 24.9 Å². The zero-order chi connectivity index (χ0) is 10.7. The number of carbonyl (C=O) groups excluding carboxylic acids is 1. The minimum atomic E-state index is 0. The van der Waals surface area contributed by atoms with E-state index in [9.17, 15) is 4.79 Å². The van der Waals surface area contributed by atoms with Gasteiger partial charge in [-0.05, 0) is 18.4 Å². The highest BCUT2D eigenvalue weighted by atomic mass is 35.5. The molecule has 0 bridgehead atoms. The molecule has 2 rings (SSSR count). The van der Waals surface area contributed by atoms with Crippen LogP contribution < -0.4 is 5.73 Å². The number of nitrogens with zero attached hydrogens (tertiary/aromatic N) is 1. The highest BCUT2D eigenvalue weighted by Gasteiger charge is 2.31. The van der Waals surface area contributed by atoms with E-state index >= 15 is 0 Å². The second kappa shape index (κ2) is 5.87. The molecule has 1 fully saturated rings. The van der Waals surface area contributed by atoms with Crippen LogP contribution >= 0.6 is 12.4 Å². The monoisotopic (exact) mass is 240 g/mol. The molecule has 0 unspecified atom stereocenters. The van der Waals surface area contributed by atoms with E-state index in [2.05, 4.69) is 0 Å². The van der Waals surface area contributed by atoms with Crippen LogP contribution in [0.2, 0.25) is 0 Å². The average molecular weight is 241 g/mol. The molecule has 0 aromatic heterocycles. The zero-order valence-electron chi connectivity index (χ0n) is 9.13. The SMILES string of the molecule is Cl.NCC(=O)N(Cc1ccccc1)C1CC1. The van der Waals surface area contributed by atoms with Crippen molar-refractivity contribution in [1.29, 1.82) is 0 Å². The summed E-state index contributed by atoms with van der Waals surface area (Å²) in [6.07, 6.45) is 2.25. The lowest BCUT2D eigenvalue weighted by Gasteiger charge is -2.21. The lowest BCUT2D eigenvalue weighted by Crippen LogP contribution is -2.37. The molecule has 0 heterocycles. The molecular weight excluding hydrogens is 224 g/mol. The minimum Gasteiger partial charge on any atom is -0.334 e. The van der Waals surface area contributed by atoms with Crippen molar-refractivity contribution >= 4 is 18.3 Å². The third kappa shape index (κ3) is 3.22. The van der Waals surface area contributed by atoms with Gasteiger partial charge in [0.2, 0.25) is 5.91 Å². The fraction of sp³-hybridized carbons (Fsp3) is 0.417. The molecule has 3 nitrogen and oxygen atoms in total. The topological polar surface area (TPSA) is 46.3 Å². The van der Waals surface area contributed by atoms with Gasteiger partial charge in [0.25, 0.3) is 0 Å². The minimum absolute atomic E-state index is 0. The summed E-state index contributed by atoms with van der Waals surface area (Å²) in [7, 11) is 0. The largest absolute Gasteiger partial charge is 0.334 e. The van der Waals surface area contributed by atoms with Crippen molar-refractivity contribution < 1.29 is 4.79 Å². The molecule has 88 valence electrons. The van der Waals surface area contributed by atoms with Crippen molar-refractivity contribution in [2.24, 2.45) is 5.73 Å². The van der Waals surface area contributed by atoms with E-state index in [1.165, 1.54) is 5.56 Å². The Morgan fingerprint density at radius 1 is 1.31 bits per heavy atom. The first-order valence-electron chi connectivity index (χ1n) is 5.34. The van der Waals surface area contributed by atoms with Gasteiger partial charge in [0.15, 0.2) is 0 Å². The molecule has 1 saturated carbocycles. The molecule has 0 radical (unpaired) electrons. The first-order valence-corrected chi connectivity index (χ1v) is 5.34. The second-order valence-corrected chi connectivity index (χ2v) is 3.94. The number of carbonyl (C=O) groups is 1. The highest BCUT2D eigenvalue weighted by Crippen LogP contribution is 2.28. The van der Waals surface area contributed by atoms with E-state index in [4.69, 9.17) is 5.73 Å². The zero-order valence-corrected chi connectivity index (χ0v) is 9.95. The maximum absolute atomic E-state index is 11.6. The molecule has 0 saturated heterocycles. The molecule has 1 aromatic carbocycles. The molecule has 4 heteroatoms. The first kappa shape index (κ1) is 13.0. The van der Waals surface area contributed by atoms with E-state index in [0.717, 1.165) is 12.8 Å². The standard InChI is InChI=1S/C12H16N2O.ClH/c13-8-12(15)14(11-6-7-11)9-10-4-2-1-3-5-10;/h1-5,11H,6-9,13H2;1H. The average Bonchev–Trinajstić information content (AvgIpc) is 3.10. The number of amides is 1. The van der Waals surface area contributed by atoms with Crippen molar-refractivity contribution in [3.8, 4) is 0 Å². The summed E-state index contributed by atoms with van der Waals surface area (Å²) in [6, 6.07) is 10.5. The van der Waals surface area contributed by atoms with Crippen LogP contribution in [0.4, 0.5) is 0 Å². The van der Waals surface area contributed by atoms with Gasteiger partial charge in [-0.25, -0.2) is 0 Å². The maximum Gasteiger partial charge on any atom is 0.236 e. The third-order valence-electron chi connectivity index (χ3n) is 2.68. The summed E-state index contributed by atoms with van der Waals surface area (Å²) < 4.78 is 0. The van der Waals surface area contributed by atoms with E-state index in [0.29, 0.717) is 12.6 Å². The Kier molecular flexibility index (Phi) is 4.77. The molecule has 0 spiro atoms. The Bertz CT molecular complexity index is 338. The molecule has 0 atom stereocenters. The van der Waals surface area contributed by atoms with Crippen LogP contribution in [-0.4, -0.2) is 23.4 Å². The van der Waals surface area contributed by atoms with Crippen LogP contribution in [0.25, 0.3) is 0 Å². The number of rotatable bonds is 4. The fourth-order valence-corrected chi connectivity index (χ4v) is 1.70. The molecule has 16 heavy (non-hydrogen) atoms. The summed E-state index contributed by atoms with van der Waals surface area (Å²) in [5.74, 6) is 0.0568. The van der Waals surface area contributed by atoms with Crippen LogP contribution in [0.5, 0.6) is 0 Å². The lowest BCUT2D eigenvalue weighted by molar-refractivity contribution is -0.130. The predicted octanol–water partition coefficient (Wildman–Crippen LogP) is 1.56. The van der Waals surface area contributed by atoms with Gasteiger partial charge < -0.3 is 10.6 Å². The Morgan fingerprint density at radius 3 is 2.44 bits per heavy atom. The van der Waals surface area contributed by atoms with E-state index in [1.54, 1.807) is 0 Å². The van der Waals surface area contributed by atoms with Gasteiger partial charge in [-0.1, -0.05) is 30.3 Å². The van der Waals surface area contributed by atoms with Crippen LogP contribution in [0.3, 0.4) is 0 Å². The summed E-state index contributed by atoms with van der Waals surface area (Å²) in [6.45, 7) is 0.810. The number of benzene rings is 1. The van der Waals surface area contributed by atoms with Crippen LogP contribution in [-0.2, 0) is 11.3 Å². The fourth-order valence-electron chi connectivity index (χ4n) is 1.70. The number of halogens is 1. The highest BCUT2D eigenvalue weighted by molar-refractivity contribution is 5.85. The van der Waals surface area contributed by atoms with Gasteiger partial charge in [-0.15, -0.1) is 12.4 Å². The van der Waals surface area contributed by atoms with Gasteiger partial charge in [-0.2, -0.15) is 0 Å². The summed E-state index contributed by atoms with van der Waals surface area (Å²) in [5.41, 5.74) is 6.57.